The van der Waals surface area contributed by atoms with E-state index in [9.17, 15) is 14.0 Å². The van der Waals surface area contributed by atoms with Gasteiger partial charge in [0.1, 0.15) is 17.0 Å². The van der Waals surface area contributed by atoms with Crippen molar-refractivity contribution >= 4 is 34.4 Å². The summed E-state index contributed by atoms with van der Waals surface area (Å²) in [6.07, 6.45) is 0. The maximum Gasteiger partial charge on any atom is 0.342 e. The predicted octanol–water partition coefficient (Wildman–Crippen LogP) is 5.62. The summed E-state index contributed by atoms with van der Waals surface area (Å²) in [7, 11) is 1.21. The maximum absolute atomic E-state index is 14.3. The van der Waals surface area contributed by atoms with E-state index in [2.05, 4.69) is 5.32 Å². The average molecular weight is 430 g/mol. The first-order valence-electron chi connectivity index (χ1n) is 9.62. The van der Waals surface area contributed by atoms with Gasteiger partial charge in [0.2, 0.25) is 0 Å². The Balaban J connectivity index is 2.15. The molecule has 3 rings (SSSR count). The van der Waals surface area contributed by atoms with E-state index < -0.39 is 11.8 Å². The molecular weight excluding hydrogens is 405 g/mol. The number of benzene rings is 2. The van der Waals surface area contributed by atoms with Crippen molar-refractivity contribution < 1.29 is 18.3 Å². The van der Waals surface area contributed by atoms with Crippen LogP contribution in [0, 0.1) is 19.7 Å². The van der Waals surface area contributed by atoms with Gasteiger partial charge in [-0.15, -0.1) is 0 Å². The summed E-state index contributed by atoms with van der Waals surface area (Å²) in [5, 5.41) is 4.27. The van der Waals surface area contributed by atoms with Gasteiger partial charge in [-0.05, 0) is 50.3 Å². The molecule has 1 aromatic heterocycles. The van der Waals surface area contributed by atoms with Crippen molar-refractivity contribution in [2.45, 2.75) is 38.8 Å². The van der Waals surface area contributed by atoms with Crippen molar-refractivity contribution in [2.75, 3.05) is 18.2 Å². The molecule has 5 nitrogen and oxygen atoms in total. The van der Waals surface area contributed by atoms with Gasteiger partial charge in [0.15, 0.2) is 10.5 Å². The fourth-order valence-electron chi connectivity index (χ4n) is 3.40. The van der Waals surface area contributed by atoms with Gasteiger partial charge in [-0.1, -0.05) is 30.8 Å². The Kier molecular flexibility index (Phi) is 6.51. The number of thioether (sulfide) groups is 1. The number of methoxy groups -OCH3 is 1. The van der Waals surface area contributed by atoms with Crippen molar-refractivity contribution in [1.29, 1.82) is 0 Å². The predicted molar refractivity (Wildman–Crippen MR) is 118 cm³/mol. The number of carbonyl (C=O) groups excluding carboxylic acids is 1. The monoisotopic (exact) mass is 429 g/mol. The molecule has 1 atom stereocenters. The van der Waals surface area contributed by atoms with Gasteiger partial charge in [-0.25, -0.2) is 9.18 Å². The van der Waals surface area contributed by atoms with Crippen LogP contribution in [0.25, 0.3) is 11.0 Å². The lowest BCUT2D eigenvalue weighted by molar-refractivity contribution is 0.0596. The van der Waals surface area contributed by atoms with Crippen LogP contribution in [0.5, 0.6) is 0 Å². The van der Waals surface area contributed by atoms with Crippen molar-refractivity contribution in [1.82, 2.24) is 0 Å². The zero-order valence-corrected chi connectivity index (χ0v) is 18.4. The van der Waals surface area contributed by atoms with Crippen LogP contribution < -0.4 is 10.7 Å². The van der Waals surface area contributed by atoms with Gasteiger partial charge in [0, 0.05) is 11.1 Å². The van der Waals surface area contributed by atoms with Gasteiger partial charge in [-0.2, -0.15) is 0 Å². The van der Waals surface area contributed by atoms with Crippen LogP contribution in [0.3, 0.4) is 0 Å². The number of carbonyl (C=O) groups is 1. The largest absolute Gasteiger partial charge is 0.465 e. The number of fused-ring (bicyclic) bond motifs is 1. The lowest BCUT2D eigenvalue weighted by Gasteiger charge is -2.20. The van der Waals surface area contributed by atoms with E-state index in [1.165, 1.54) is 31.0 Å². The molecule has 7 heteroatoms. The molecule has 158 valence electrons. The molecule has 0 spiro atoms. The zero-order chi connectivity index (χ0) is 22.0. The topological polar surface area (TPSA) is 68.5 Å². The van der Waals surface area contributed by atoms with Crippen molar-refractivity contribution in [3.05, 3.63) is 68.6 Å². The zero-order valence-electron chi connectivity index (χ0n) is 17.6. The third kappa shape index (κ3) is 4.07. The number of hydrogen-bond acceptors (Lipinski definition) is 6. The van der Waals surface area contributed by atoms with Crippen LogP contribution in [-0.4, -0.2) is 18.8 Å². The van der Waals surface area contributed by atoms with Crippen molar-refractivity contribution in [2.24, 2.45) is 0 Å². The minimum absolute atomic E-state index is 0.0645. The first kappa shape index (κ1) is 21.9. The summed E-state index contributed by atoms with van der Waals surface area (Å²) >= 11 is 1.47. The van der Waals surface area contributed by atoms with Crippen molar-refractivity contribution in [3.8, 4) is 0 Å². The number of ether oxygens (including phenoxy) is 1. The molecule has 1 N–H and O–H groups in total. The third-order valence-corrected chi connectivity index (χ3v) is 5.81. The molecule has 0 bridgehead atoms. The highest BCUT2D eigenvalue weighted by Crippen LogP contribution is 2.32. The first-order valence-corrected chi connectivity index (χ1v) is 10.6. The Hall–Kier alpha value is -2.80. The Morgan fingerprint density at radius 1 is 1.30 bits per heavy atom. The molecule has 30 heavy (non-hydrogen) atoms. The van der Waals surface area contributed by atoms with Gasteiger partial charge in [0.25, 0.3) is 0 Å². The Bertz CT molecular complexity index is 1170. The number of nitrogens with one attached hydrogen (secondary N) is 1. The molecule has 1 heterocycles. The maximum atomic E-state index is 14.3. The summed E-state index contributed by atoms with van der Waals surface area (Å²) in [5.41, 5.74) is 2.81. The van der Waals surface area contributed by atoms with E-state index >= 15 is 0 Å². The molecule has 0 unspecified atom stereocenters. The van der Waals surface area contributed by atoms with Crippen LogP contribution in [0.4, 0.5) is 10.1 Å². The second-order valence-electron chi connectivity index (χ2n) is 7.03. The van der Waals surface area contributed by atoms with E-state index in [0.29, 0.717) is 27.3 Å². The van der Waals surface area contributed by atoms with Crippen LogP contribution in [-0.2, 0) is 4.74 Å². The number of hydrogen-bond donors (Lipinski definition) is 1. The molecule has 0 amide bonds. The molecule has 0 fully saturated rings. The molecule has 0 radical (unpaired) electrons. The Labute approximate surface area is 178 Å². The molecule has 0 saturated heterocycles. The lowest BCUT2D eigenvalue weighted by atomic mass is 10.00. The van der Waals surface area contributed by atoms with Crippen LogP contribution in [0.15, 0.2) is 44.6 Å². The van der Waals surface area contributed by atoms with E-state index in [1.807, 2.05) is 32.9 Å². The molecule has 3 aromatic rings. The second kappa shape index (κ2) is 8.92. The second-order valence-corrected chi connectivity index (χ2v) is 8.26. The highest BCUT2D eigenvalue weighted by molar-refractivity contribution is 7.99. The standard InChI is InChI=1S/C23H24FNO4S/c1-6-30-23-13(3)20(26)16-11-12(2)10-15(21(16)29-23)14(4)25-18-9-7-8-17(24)19(18)22(27)28-5/h7-11,14,25H,6H2,1-5H3/t14-/m1/s1. The van der Waals surface area contributed by atoms with Gasteiger partial charge in [0.05, 0.1) is 24.2 Å². The first-order chi connectivity index (χ1) is 14.3. The quantitative estimate of drug-likeness (QED) is 0.405. The van der Waals surface area contributed by atoms with Crippen LogP contribution in [0.1, 0.15) is 46.9 Å². The summed E-state index contributed by atoms with van der Waals surface area (Å²) in [6.45, 7) is 7.53. The highest BCUT2D eigenvalue weighted by Gasteiger charge is 2.22. The van der Waals surface area contributed by atoms with Gasteiger partial charge in [-0.3, -0.25) is 4.79 Å². The normalized spacial score (nSPS) is 12.1. The minimum atomic E-state index is -0.763. The minimum Gasteiger partial charge on any atom is -0.465 e. The Morgan fingerprint density at radius 2 is 2.03 bits per heavy atom. The SMILES string of the molecule is CCSc1oc2c([C@@H](C)Nc3cccc(F)c3C(=O)OC)cc(C)cc2c(=O)c1C. The molecule has 0 aliphatic rings. The Morgan fingerprint density at radius 3 is 2.70 bits per heavy atom. The van der Waals surface area contributed by atoms with E-state index in [-0.39, 0.29) is 17.0 Å². The molecule has 0 saturated carbocycles. The van der Waals surface area contributed by atoms with Crippen molar-refractivity contribution in [3.63, 3.8) is 0 Å². The molecule has 2 aromatic carbocycles. The number of anilines is 1. The van der Waals surface area contributed by atoms with E-state index in [0.717, 1.165) is 16.9 Å². The average Bonchev–Trinajstić information content (AvgIpc) is 2.71. The molecular formula is C23H24FNO4S. The number of halogens is 1. The number of rotatable bonds is 6. The van der Waals surface area contributed by atoms with Crippen LogP contribution >= 0.6 is 11.8 Å². The summed E-state index contributed by atoms with van der Waals surface area (Å²) in [6, 6.07) is 7.71. The lowest BCUT2D eigenvalue weighted by Crippen LogP contribution is -2.15. The smallest absolute Gasteiger partial charge is 0.342 e. The fraction of sp³-hybridized carbons (Fsp3) is 0.304. The van der Waals surface area contributed by atoms with Gasteiger partial charge >= 0.3 is 5.97 Å². The van der Waals surface area contributed by atoms with Crippen LogP contribution in [0.2, 0.25) is 0 Å². The van der Waals surface area contributed by atoms with E-state index in [4.69, 9.17) is 9.15 Å². The fourth-order valence-corrected chi connectivity index (χ4v) is 4.12. The van der Waals surface area contributed by atoms with E-state index in [1.54, 1.807) is 13.0 Å². The highest BCUT2D eigenvalue weighted by atomic mass is 32.2. The summed E-state index contributed by atoms with van der Waals surface area (Å²) in [4.78, 5) is 25.0. The third-order valence-electron chi connectivity index (χ3n) is 4.87. The number of esters is 1. The molecule has 0 aliphatic heterocycles. The summed E-state index contributed by atoms with van der Waals surface area (Å²) in [5.74, 6) is -0.659. The number of aryl methyl sites for hydroxylation is 1. The summed E-state index contributed by atoms with van der Waals surface area (Å²) < 4.78 is 25.2. The van der Waals surface area contributed by atoms with Gasteiger partial charge < -0.3 is 14.5 Å². The molecule has 0 aliphatic carbocycles.